The van der Waals surface area contributed by atoms with E-state index in [-0.39, 0.29) is 0 Å². The minimum Gasteiger partial charge on any atom is -0.508 e. The summed E-state index contributed by atoms with van der Waals surface area (Å²) < 4.78 is 0. The van der Waals surface area contributed by atoms with E-state index in [4.69, 9.17) is 5.11 Å². The summed E-state index contributed by atoms with van der Waals surface area (Å²) in [7, 11) is 0. The van der Waals surface area contributed by atoms with Gasteiger partial charge in [0.15, 0.2) is 0 Å². The van der Waals surface area contributed by atoms with E-state index in [1.807, 2.05) is 18.5 Å². The Kier molecular flexibility index (Phi) is 5.71. The zero-order valence-electron chi connectivity index (χ0n) is 9.50. The summed E-state index contributed by atoms with van der Waals surface area (Å²) in [6.45, 7) is 2.18. The van der Waals surface area contributed by atoms with Crippen LogP contribution in [0.1, 0.15) is 18.9 Å². The molecule has 0 unspecified atom stereocenters. The number of rotatable bonds is 2. The first kappa shape index (κ1) is 12.2. The van der Waals surface area contributed by atoms with Crippen molar-refractivity contribution in [2.45, 2.75) is 19.8 Å². The van der Waals surface area contributed by atoms with Crippen molar-refractivity contribution < 1.29 is 5.11 Å². The van der Waals surface area contributed by atoms with Gasteiger partial charge in [-0.05, 0) is 36.2 Å². The fraction of sp³-hybridized carbons (Fsp3) is 0.214. The predicted molar refractivity (Wildman–Crippen MR) is 66.3 cm³/mol. The van der Waals surface area contributed by atoms with Gasteiger partial charge in [-0.3, -0.25) is 4.98 Å². The molecule has 2 heteroatoms. The van der Waals surface area contributed by atoms with Crippen molar-refractivity contribution >= 4 is 0 Å². The van der Waals surface area contributed by atoms with E-state index in [0.717, 1.165) is 0 Å². The molecule has 0 saturated heterocycles. The van der Waals surface area contributed by atoms with Gasteiger partial charge in [0, 0.05) is 12.4 Å². The lowest BCUT2D eigenvalue weighted by molar-refractivity contribution is 0.475. The number of hydrogen-bond acceptors (Lipinski definition) is 2. The maximum Gasteiger partial charge on any atom is 0.115 e. The van der Waals surface area contributed by atoms with Gasteiger partial charge in [0.25, 0.3) is 0 Å². The Labute approximate surface area is 96.6 Å². The third kappa shape index (κ3) is 5.15. The van der Waals surface area contributed by atoms with Crippen LogP contribution >= 0.6 is 0 Å². The number of aromatic hydroxyl groups is 1. The van der Waals surface area contributed by atoms with Crippen molar-refractivity contribution in [3.63, 3.8) is 0 Å². The molecule has 0 aliphatic heterocycles. The zero-order chi connectivity index (χ0) is 11.6. The lowest BCUT2D eigenvalue weighted by atomic mass is 10.2. The molecule has 0 aliphatic carbocycles. The normalized spacial score (nSPS) is 9.06. The topological polar surface area (TPSA) is 33.1 Å². The first-order valence-electron chi connectivity index (χ1n) is 5.46. The van der Waals surface area contributed by atoms with Crippen molar-refractivity contribution in [2.24, 2.45) is 0 Å². The van der Waals surface area contributed by atoms with Gasteiger partial charge in [0.05, 0.1) is 0 Å². The summed E-state index contributed by atoms with van der Waals surface area (Å²) in [5.41, 5.74) is 1.38. The zero-order valence-corrected chi connectivity index (χ0v) is 9.50. The molecular formula is C14H17NO. The van der Waals surface area contributed by atoms with Crippen LogP contribution in [0.5, 0.6) is 5.75 Å². The number of benzene rings is 1. The average molecular weight is 215 g/mol. The van der Waals surface area contributed by atoms with E-state index >= 15 is 0 Å². The molecule has 2 nitrogen and oxygen atoms in total. The van der Waals surface area contributed by atoms with Gasteiger partial charge in [-0.1, -0.05) is 31.5 Å². The minimum absolute atomic E-state index is 0.322. The Hall–Kier alpha value is -1.83. The Morgan fingerprint density at radius 2 is 1.62 bits per heavy atom. The minimum atomic E-state index is 0.322. The first-order valence-corrected chi connectivity index (χ1v) is 5.46. The summed E-state index contributed by atoms with van der Waals surface area (Å²) in [6.07, 6.45) is 6.06. The molecule has 0 atom stereocenters. The molecule has 0 saturated carbocycles. The number of para-hydroxylation sites is 1. The van der Waals surface area contributed by atoms with Gasteiger partial charge in [-0.25, -0.2) is 0 Å². The van der Waals surface area contributed by atoms with E-state index in [1.165, 1.54) is 18.4 Å². The highest BCUT2D eigenvalue weighted by molar-refractivity contribution is 5.18. The SMILES string of the molecule is CCCc1ccncc1.Oc1ccccc1. The molecule has 2 aromatic rings. The largest absolute Gasteiger partial charge is 0.508 e. The fourth-order valence-electron chi connectivity index (χ4n) is 1.27. The number of nitrogens with zero attached hydrogens (tertiary/aromatic N) is 1. The molecular weight excluding hydrogens is 198 g/mol. The van der Waals surface area contributed by atoms with Gasteiger partial charge in [-0.2, -0.15) is 0 Å². The van der Waals surface area contributed by atoms with E-state index in [1.54, 1.807) is 24.3 Å². The Morgan fingerprint density at radius 1 is 1.00 bits per heavy atom. The molecule has 0 spiro atoms. The van der Waals surface area contributed by atoms with Crippen LogP contribution in [0.15, 0.2) is 54.9 Å². The lowest BCUT2D eigenvalue weighted by Gasteiger charge is -1.93. The molecule has 0 aliphatic rings. The van der Waals surface area contributed by atoms with Crippen molar-refractivity contribution in [3.8, 4) is 5.75 Å². The number of aromatic nitrogens is 1. The molecule has 0 bridgehead atoms. The smallest absolute Gasteiger partial charge is 0.115 e. The standard InChI is InChI=1S/C8H11N.C6H6O/c1-2-3-8-4-6-9-7-5-8;7-6-4-2-1-3-5-6/h4-7H,2-3H2,1H3;1-5,7H. The highest BCUT2D eigenvalue weighted by atomic mass is 16.3. The molecule has 1 aromatic carbocycles. The second-order valence-electron chi connectivity index (χ2n) is 3.44. The third-order valence-electron chi connectivity index (χ3n) is 2.04. The van der Waals surface area contributed by atoms with Gasteiger partial charge < -0.3 is 5.11 Å². The lowest BCUT2D eigenvalue weighted by Crippen LogP contribution is -1.80. The maximum absolute atomic E-state index is 8.63. The van der Waals surface area contributed by atoms with Crippen molar-refractivity contribution in [3.05, 3.63) is 60.4 Å². The predicted octanol–water partition coefficient (Wildman–Crippen LogP) is 3.43. The second kappa shape index (κ2) is 7.46. The summed E-state index contributed by atoms with van der Waals surface area (Å²) in [5, 5.41) is 8.63. The number of aryl methyl sites for hydroxylation is 1. The average Bonchev–Trinajstić information content (AvgIpc) is 2.33. The molecule has 0 amide bonds. The Bertz CT molecular complexity index is 372. The van der Waals surface area contributed by atoms with Crippen LogP contribution in [-0.2, 0) is 6.42 Å². The van der Waals surface area contributed by atoms with Crippen molar-refractivity contribution in [1.29, 1.82) is 0 Å². The van der Waals surface area contributed by atoms with Crippen molar-refractivity contribution in [1.82, 2.24) is 4.98 Å². The van der Waals surface area contributed by atoms with Crippen LogP contribution in [0.3, 0.4) is 0 Å². The van der Waals surface area contributed by atoms with E-state index < -0.39 is 0 Å². The van der Waals surface area contributed by atoms with Crippen LogP contribution in [0.2, 0.25) is 0 Å². The quantitative estimate of drug-likeness (QED) is 0.832. The van der Waals surface area contributed by atoms with Gasteiger partial charge >= 0.3 is 0 Å². The summed E-state index contributed by atoms with van der Waals surface area (Å²) >= 11 is 0. The third-order valence-corrected chi connectivity index (χ3v) is 2.04. The first-order chi connectivity index (χ1) is 7.83. The summed E-state index contributed by atoms with van der Waals surface area (Å²) in [4.78, 5) is 3.93. The number of phenolic OH excluding ortho intramolecular Hbond substituents is 1. The van der Waals surface area contributed by atoms with Gasteiger partial charge in [-0.15, -0.1) is 0 Å². The van der Waals surface area contributed by atoms with Crippen LogP contribution in [0.4, 0.5) is 0 Å². The molecule has 0 radical (unpaired) electrons. The fourth-order valence-corrected chi connectivity index (χ4v) is 1.27. The van der Waals surface area contributed by atoms with E-state index in [0.29, 0.717) is 5.75 Å². The molecule has 84 valence electrons. The number of phenols is 1. The molecule has 1 heterocycles. The monoisotopic (exact) mass is 215 g/mol. The van der Waals surface area contributed by atoms with Crippen molar-refractivity contribution in [2.75, 3.05) is 0 Å². The second-order valence-corrected chi connectivity index (χ2v) is 3.44. The van der Waals surface area contributed by atoms with Crippen LogP contribution < -0.4 is 0 Å². The Balaban J connectivity index is 0.000000165. The van der Waals surface area contributed by atoms with Crippen LogP contribution in [0.25, 0.3) is 0 Å². The van der Waals surface area contributed by atoms with Gasteiger partial charge in [0.1, 0.15) is 5.75 Å². The molecule has 1 aromatic heterocycles. The van der Waals surface area contributed by atoms with Gasteiger partial charge in [0.2, 0.25) is 0 Å². The van der Waals surface area contributed by atoms with E-state index in [9.17, 15) is 0 Å². The van der Waals surface area contributed by atoms with E-state index in [2.05, 4.69) is 24.0 Å². The number of hydrogen-bond donors (Lipinski definition) is 1. The highest BCUT2D eigenvalue weighted by Gasteiger charge is 1.85. The van der Waals surface area contributed by atoms with Crippen LogP contribution in [0, 0.1) is 0 Å². The molecule has 1 N–H and O–H groups in total. The number of pyridine rings is 1. The summed E-state index contributed by atoms with van der Waals surface area (Å²) in [6, 6.07) is 12.8. The summed E-state index contributed by atoms with van der Waals surface area (Å²) in [5.74, 6) is 0.322. The molecule has 2 rings (SSSR count). The van der Waals surface area contributed by atoms with Crippen LogP contribution in [-0.4, -0.2) is 10.1 Å². The maximum atomic E-state index is 8.63. The Morgan fingerprint density at radius 3 is 2.06 bits per heavy atom. The highest BCUT2D eigenvalue weighted by Crippen LogP contribution is 2.02. The molecule has 16 heavy (non-hydrogen) atoms. The molecule has 0 fully saturated rings.